The first-order valence-electron chi connectivity index (χ1n) is 8.59. The third-order valence-electron chi connectivity index (χ3n) is 4.54. The minimum absolute atomic E-state index is 0.122. The number of hydrogen-bond acceptors (Lipinski definition) is 5. The summed E-state index contributed by atoms with van der Waals surface area (Å²) < 4.78 is 5.12. The van der Waals surface area contributed by atoms with E-state index in [1.165, 1.54) is 18.4 Å². The lowest BCUT2D eigenvalue weighted by Gasteiger charge is -2.18. The topological polar surface area (TPSA) is 93.4 Å². The van der Waals surface area contributed by atoms with Crippen LogP contribution in [0.3, 0.4) is 0 Å². The van der Waals surface area contributed by atoms with E-state index in [2.05, 4.69) is 17.6 Å². The molecule has 2 aromatic rings. The van der Waals surface area contributed by atoms with Gasteiger partial charge in [0.25, 0.3) is 11.8 Å². The summed E-state index contributed by atoms with van der Waals surface area (Å²) in [6.45, 7) is 2.19. The summed E-state index contributed by atoms with van der Waals surface area (Å²) in [5, 5.41) is 6.33. The fourth-order valence-electron chi connectivity index (χ4n) is 3.17. The molecule has 142 valence electrons. The lowest BCUT2D eigenvalue weighted by Crippen LogP contribution is -2.34. The second kappa shape index (κ2) is 8.06. The number of nitrogens with two attached hydrogens (primary N) is 1. The normalized spacial score (nSPS) is 15.6. The zero-order chi connectivity index (χ0) is 19.6. The van der Waals surface area contributed by atoms with Crippen molar-refractivity contribution in [3.8, 4) is 5.75 Å². The number of carbonyl (C=O) groups is 2. The highest BCUT2D eigenvalue weighted by atomic mass is 32.1. The molecule has 0 saturated carbocycles. The number of fused-ring (bicyclic) bond motifs is 1. The molecule has 0 spiro atoms. The quantitative estimate of drug-likeness (QED) is 0.682. The molecule has 2 amide bonds. The lowest BCUT2D eigenvalue weighted by atomic mass is 9.88. The number of thiophene rings is 1. The average molecular weight is 404 g/mol. The van der Waals surface area contributed by atoms with Gasteiger partial charge in [-0.3, -0.25) is 14.9 Å². The zero-order valence-electron chi connectivity index (χ0n) is 15.1. The SMILES string of the molecule is COc1cccc(C(=O)NC(=S)Nc2sc3c(c2C(N)=O)CC[C@H](C)C3)c1. The van der Waals surface area contributed by atoms with Gasteiger partial charge in [-0.1, -0.05) is 13.0 Å². The first kappa shape index (κ1) is 19.3. The molecule has 0 fully saturated rings. The molecule has 8 heteroatoms. The lowest BCUT2D eigenvalue weighted by molar-refractivity contribution is 0.0975. The first-order valence-corrected chi connectivity index (χ1v) is 9.82. The Labute approximate surface area is 167 Å². The van der Waals surface area contributed by atoms with Crippen molar-refractivity contribution in [3.05, 3.63) is 45.8 Å². The van der Waals surface area contributed by atoms with Gasteiger partial charge in [0.05, 0.1) is 12.7 Å². The summed E-state index contributed by atoms with van der Waals surface area (Å²) in [6, 6.07) is 6.77. The van der Waals surface area contributed by atoms with Gasteiger partial charge in [-0.15, -0.1) is 11.3 Å². The molecule has 0 aliphatic heterocycles. The van der Waals surface area contributed by atoms with Crippen LogP contribution in [0.2, 0.25) is 0 Å². The van der Waals surface area contributed by atoms with Crippen molar-refractivity contribution in [1.29, 1.82) is 0 Å². The highest BCUT2D eigenvalue weighted by Crippen LogP contribution is 2.39. The van der Waals surface area contributed by atoms with Crippen molar-refractivity contribution in [3.63, 3.8) is 0 Å². The minimum Gasteiger partial charge on any atom is -0.497 e. The Balaban J connectivity index is 1.76. The van der Waals surface area contributed by atoms with Crippen LogP contribution < -0.4 is 21.1 Å². The van der Waals surface area contributed by atoms with Crippen molar-refractivity contribution in [2.75, 3.05) is 12.4 Å². The van der Waals surface area contributed by atoms with Crippen molar-refractivity contribution in [2.24, 2.45) is 11.7 Å². The van der Waals surface area contributed by atoms with Crippen LogP contribution >= 0.6 is 23.6 Å². The third-order valence-corrected chi connectivity index (χ3v) is 5.92. The van der Waals surface area contributed by atoms with Gasteiger partial charge in [0, 0.05) is 10.4 Å². The van der Waals surface area contributed by atoms with Gasteiger partial charge in [-0.05, 0) is 61.2 Å². The number of amides is 2. The van der Waals surface area contributed by atoms with Gasteiger partial charge in [0.2, 0.25) is 0 Å². The summed E-state index contributed by atoms with van der Waals surface area (Å²) in [6.07, 6.45) is 2.78. The number of rotatable bonds is 4. The predicted octanol–water partition coefficient (Wildman–Crippen LogP) is 3.11. The zero-order valence-corrected chi connectivity index (χ0v) is 16.8. The van der Waals surface area contributed by atoms with Crippen LogP contribution in [0.5, 0.6) is 5.75 Å². The standard InChI is InChI=1S/C19H21N3O3S2/c1-10-6-7-13-14(8-10)27-18(15(13)16(20)23)22-19(26)21-17(24)11-4-3-5-12(9-11)25-2/h3-5,9-10H,6-8H2,1-2H3,(H2,20,23)(H2,21,22,24,26)/t10-/m0/s1. The van der Waals surface area contributed by atoms with E-state index in [1.54, 1.807) is 24.3 Å². The van der Waals surface area contributed by atoms with Crippen molar-refractivity contribution in [1.82, 2.24) is 5.32 Å². The van der Waals surface area contributed by atoms with Gasteiger partial charge in [-0.2, -0.15) is 0 Å². The maximum atomic E-state index is 12.4. The monoisotopic (exact) mass is 403 g/mol. The molecule has 1 heterocycles. The number of nitrogens with one attached hydrogen (secondary N) is 2. The fraction of sp³-hybridized carbons (Fsp3) is 0.316. The molecule has 6 nitrogen and oxygen atoms in total. The van der Waals surface area contributed by atoms with Gasteiger partial charge >= 0.3 is 0 Å². The minimum atomic E-state index is -0.480. The number of anilines is 1. The molecule has 0 radical (unpaired) electrons. The molecule has 1 aromatic heterocycles. The number of benzene rings is 1. The smallest absolute Gasteiger partial charge is 0.257 e. The Morgan fingerprint density at radius 3 is 2.85 bits per heavy atom. The van der Waals surface area contributed by atoms with Gasteiger partial charge in [0.15, 0.2) is 5.11 Å². The van der Waals surface area contributed by atoms with E-state index in [1.807, 2.05) is 0 Å². The third kappa shape index (κ3) is 4.28. The Hall–Kier alpha value is -2.45. The van der Waals surface area contributed by atoms with Crippen LogP contribution in [0.15, 0.2) is 24.3 Å². The van der Waals surface area contributed by atoms with Crippen LogP contribution in [0.1, 0.15) is 44.5 Å². The molecule has 1 aliphatic rings. The van der Waals surface area contributed by atoms with E-state index in [4.69, 9.17) is 22.7 Å². The largest absolute Gasteiger partial charge is 0.497 e. The molecule has 4 N–H and O–H groups in total. The van der Waals surface area contributed by atoms with Gasteiger partial charge < -0.3 is 15.8 Å². The maximum absolute atomic E-state index is 12.4. The van der Waals surface area contributed by atoms with E-state index in [0.29, 0.717) is 27.8 Å². The van der Waals surface area contributed by atoms with E-state index in [-0.39, 0.29) is 11.0 Å². The van der Waals surface area contributed by atoms with E-state index in [0.717, 1.165) is 29.7 Å². The Bertz CT molecular complexity index is 908. The van der Waals surface area contributed by atoms with Gasteiger partial charge in [-0.25, -0.2) is 0 Å². The summed E-state index contributed by atoms with van der Waals surface area (Å²) >= 11 is 6.74. The molecule has 1 aliphatic carbocycles. The summed E-state index contributed by atoms with van der Waals surface area (Å²) in [7, 11) is 1.54. The number of primary amides is 1. The number of methoxy groups -OCH3 is 1. The average Bonchev–Trinajstić information content (AvgIpc) is 2.98. The number of thiocarbonyl (C=S) groups is 1. The highest BCUT2D eigenvalue weighted by Gasteiger charge is 2.27. The molecule has 27 heavy (non-hydrogen) atoms. The van der Waals surface area contributed by atoms with Crippen LogP contribution in [0.25, 0.3) is 0 Å². The van der Waals surface area contributed by atoms with E-state index in [9.17, 15) is 9.59 Å². The molecule has 0 unspecified atom stereocenters. The maximum Gasteiger partial charge on any atom is 0.257 e. The Kier molecular flexibility index (Phi) is 5.76. The molecular formula is C19H21N3O3S2. The highest BCUT2D eigenvalue weighted by molar-refractivity contribution is 7.80. The molecule has 1 atom stereocenters. The number of hydrogen-bond donors (Lipinski definition) is 3. The molecule has 0 saturated heterocycles. The predicted molar refractivity (Wildman–Crippen MR) is 111 cm³/mol. The molecule has 3 rings (SSSR count). The van der Waals surface area contributed by atoms with E-state index >= 15 is 0 Å². The second-order valence-corrected chi connectivity index (χ2v) is 8.07. The van der Waals surface area contributed by atoms with Crippen LogP contribution in [0.4, 0.5) is 5.00 Å². The Morgan fingerprint density at radius 2 is 2.15 bits per heavy atom. The van der Waals surface area contributed by atoms with E-state index < -0.39 is 5.91 Å². The fourth-order valence-corrected chi connectivity index (χ4v) is 4.85. The first-order chi connectivity index (χ1) is 12.9. The molecular weight excluding hydrogens is 382 g/mol. The number of ether oxygens (including phenoxy) is 1. The van der Waals surface area contributed by atoms with Crippen LogP contribution in [0, 0.1) is 5.92 Å². The summed E-state index contributed by atoms with van der Waals surface area (Å²) in [5.41, 5.74) is 7.52. The van der Waals surface area contributed by atoms with Crippen molar-refractivity contribution >= 4 is 45.5 Å². The molecule has 1 aromatic carbocycles. The summed E-state index contributed by atoms with van der Waals surface area (Å²) in [5.74, 6) is 0.315. The Morgan fingerprint density at radius 1 is 1.37 bits per heavy atom. The van der Waals surface area contributed by atoms with Crippen LogP contribution in [-0.2, 0) is 12.8 Å². The van der Waals surface area contributed by atoms with Gasteiger partial charge in [0.1, 0.15) is 10.8 Å². The van der Waals surface area contributed by atoms with Crippen molar-refractivity contribution in [2.45, 2.75) is 26.2 Å². The second-order valence-electron chi connectivity index (χ2n) is 6.56. The number of carbonyl (C=O) groups excluding carboxylic acids is 2. The van der Waals surface area contributed by atoms with Crippen molar-refractivity contribution < 1.29 is 14.3 Å². The van der Waals surface area contributed by atoms with Crippen LogP contribution in [-0.4, -0.2) is 24.0 Å². The summed E-state index contributed by atoms with van der Waals surface area (Å²) in [4.78, 5) is 25.5. The molecule has 0 bridgehead atoms.